The van der Waals surface area contributed by atoms with Crippen LogP contribution in [0.3, 0.4) is 0 Å². The number of aryl methyl sites for hydroxylation is 2. The van der Waals surface area contributed by atoms with Gasteiger partial charge >= 0.3 is 18.0 Å². The van der Waals surface area contributed by atoms with Crippen LogP contribution in [0.4, 0.5) is 39.2 Å². The molecule has 2 atom stereocenters. The predicted octanol–water partition coefficient (Wildman–Crippen LogP) is 0.828. The van der Waals surface area contributed by atoms with Crippen LogP contribution in [0.1, 0.15) is 34.1 Å². The van der Waals surface area contributed by atoms with Crippen LogP contribution in [-0.2, 0) is 23.6 Å². The lowest BCUT2D eigenvalue weighted by atomic mass is 10.2. The Bertz CT molecular complexity index is 2110. The van der Waals surface area contributed by atoms with E-state index in [0.717, 1.165) is 44.0 Å². The lowest BCUT2D eigenvalue weighted by molar-refractivity contribution is 0.0578. The van der Waals surface area contributed by atoms with Crippen LogP contribution >= 0.6 is 0 Å². The minimum atomic E-state index is -0.678. The second-order valence-corrected chi connectivity index (χ2v) is 12.3. The highest BCUT2D eigenvalue weighted by molar-refractivity contribution is 6.04. The Balaban J connectivity index is 0.000000155. The molecule has 2 amide bonds. The maximum absolute atomic E-state index is 13.0. The normalized spacial score (nSPS) is 17.3. The number of nitrogens with zero attached hydrogens (tertiary/aromatic N) is 9. The highest BCUT2D eigenvalue weighted by atomic mass is 16.5. The topological polar surface area (TPSA) is 225 Å². The van der Waals surface area contributed by atoms with Crippen molar-refractivity contribution in [2.75, 3.05) is 71.5 Å². The molecule has 0 aromatic carbocycles. The average Bonchev–Trinajstić information content (AvgIpc) is 3.76. The van der Waals surface area contributed by atoms with Crippen LogP contribution in [0.25, 0.3) is 0 Å². The van der Waals surface area contributed by atoms with Crippen LogP contribution in [0.15, 0.2) is 58.6 Å². The zero-order chi connectivity index (χ0) is 37.1. The van der Waals surface area contributed by atoms with Crippen molar-refractivity contribution in [2.45, 2.75) is 24.9 Å². The Kier molecular flexibility index (Phi) is 10.0. The van der Waals surface area contributed by atoms with E-state index >= 15 is 0 Å². The molecule has 0 radical (unpaired) electrons. The number of carbonyl (C=O) groups is 3. The summed E-state index contributed by atoms with van der Waals surface area (Å²) in [7, 11) is 5.84. The first-order valence-electron chi connectivity index (χ1n) is 16.3. The van der Waals surface area contributed by atoms with Gasteiger partial charge in [0.2, 0.25) is 11.6 Å². The fourth-order valence-corrected chi connectivity index (χ4v) is 6.24. The van der Waals surface area contributed by atoms with Gasteiger partial charge in [0.05, 0.1) is 49.7 Å². The molecular weight excluding hydrogens is 676 g/mol. The van der Waals surface area contributed by atoms with Gasteiger partial charge in [0.25, 0.3) is 11.1 Å². The SMILES string of the molecule is COC(=O)c1ncc2c(n1)N(C(=O)Nc1cccn(C)c1=O)[C@H]1CCN2C1.COC(=O)c1ncc2c(n1)N[C@H]1CCN2C1.Cn1cccc(N)c1=O. The molecule has 4 aromatic heterocycles. The molecule has 2 saturated heterocycles. The van der Waals surface area contributed by atoms with E-state index in [1.54, 1.807) is 57.0 Å². The molecule has 52 heavy (non-hydrogen) atoms. The molecule has 4 aromatic rings. The number of rotatable bonds is 3. The summed E-state index contributed by atoms with van der Waals surface area (Å²) in [5.41, 5.74) is 6.95. The quantitative estimate of drug-likeness (QED) is 0.250. The third-order valence-corrected chi connectivity index (χ3v) is 8.96. The second-order valence-electron chi connectivity index (χ2n) is 12.3. The third kappa shape index (κ3) is 7.05. The van der Waals surface area contributed by atoms with Gasteiger partial charge in [-0.25, -0.2) is 34.3 Å². The number of pyridine rings is 2. The summed E-state index contributed by atoms with van der Waals surface area (Å²) >= 11 is 0. The fraction of sp³-hybridized carbons (Fsp3) is 0.364. The Morgan fingerprint density at radius 1 is 0.846 bits per heavy atom. The number of esters is 2. The summed E-state index contributed by atoms with van der Waals surface area (Å²) in [6.07, 6.45) is 8.34. The summed E-state index contributed by atoms with van der Waals surface area (Å²) in [5, 5.41) is 5.97. The Hall–Kier alpha value is -6.53. The van der Waals surface area contributed by atoms with E-state index in [1.807, 2.05) is 0 Å². The summed E-state index contributed by atoms with van der Waals surface area (Å²) in [6, 6.07) is 6.40. The predicted molar refractivity (Wildman–Crippen MR) is 191 cm³/mol. The molecule has 4 aliphatic rings. The van der Waals surface area contributed by atoms with Crippen molar-refractivity contribution < 1.29 is 23.9 Å². The van der Waals surface area contributed by atoms with E-state index in [2.05, 4.69) is 49.8 Å². The molecule has 0 aliphatic carbocycles. The first kappa shape index (κ1) is 35.3. The van der Waals surface area contributed by atoms with Crippen LogP contribution in [0.5, 0.6) is 0 Å². The third-order valence-electron chi connectivity index (χ3n) is 8.96. The van der Waals surface area contributed by atoms with Crippen molar-refractivity contribution in [3.63, 3.8) is 0 Å². The first-order chi connectivity index (χ1) is 25.0. The van der Waals surface area contributed by atoms with E-state index in [9.17, 15) is 24.0 Å². The molecule has 4 aliphatic heterocycles. The second kappa shape index (κ2) is 14.8. The van der Waals surface area contributed by atoms with Crippen molar-refractivity contribution in [3.8, 4) is 0 Å². The van der Waals surface area contributed by atoms with E-state index in [0.29, 0.717) is 29.8 Å². The van der Waals surface area contributed by atoms with Gasteiger partial charge in [-0.2, -0.15) is 0 Å². The Morgan fingerprint density at radius 2 is 1.46 bits per heavy atom. The summed E-state index contributed by atoms with van der Waals surface area (Å²) < 4.78 is 12.1. The largest absolute Gasteiger partial charge is 0.463 e. The number of nitrogens with one attached hydrogen (secondary N) is 2. The van der Waals surface area contributed by atoms with Crippen molar-refractivity contribution in [1.29, 1.82) is 0 Å². The van der Waals surface area contributed by atoms with Crippen molar-refractivity contribution in [2.24, 2.45) is 14.1 Å². The summed E-state index contributed by atoms with van der Waals surface area (Å²) in [6.45, 7) is 3.42. The Labute approximate surface area is 297 Å². The van der Waals surface area contributed by atoms with Crippen LogP contribution in [-0.4, -0.2) is 99.5 Å². The highest BCUT2D eigenvalue weighted by Crippen LogP contribution is 2.38. The van der Waals surface area contributed by atoms with E-state index in [4.69, 9.17) is 5.73 Å². The number of anilines is 6. The Morgan fingerprint density at radius 3 is 2.13 bits per heavy atom. The number of hydrogen-bond donors (Lipinski definition) is 3. The standard InChI is InChI=1S/C17H18N6O4.C10H12N4O2.C6H8N2O/c1-21-6-3-4-11(15(21)24)19-17(26)23-10-5-7-22(9-10)12-8-18-13(16(25)27-2)20-14(12)23;1-16-10(15)9-11-4-7-8(13-9)12-6-2-3-14(7)5-6;1-8-4-2-3-5(7)6(8)9/h3-4,6,8,10H,5,7,9H2,1-2H3,(H,19,26);4,6H,2-3,5H2,1H3,(H,11,12,13);2-4H,7H2,1H3/t10-;6-;/m00./s1. The van der Waals surface area contributed by atoms with E-state index in [1.165, 1.54) is 34.5 Å². The van der Waals surface area contributed by atoms with E-state index < -0.39 is 18.0 Å². The molecule has 8 rings (SSSR count). The molecule has 4 N–H and O–H groups in total. The minimum Gasteiger partial charge on any atom is -0.463 e. The first-order valence-corrected chi connectivity index (χ1v) is 16.3. The maximum Gasteiger partial charge on any atom is 0.376 e. The molecule has 272 valence electrons. The fourth-order valence-electron chi connectivity index (χ4n) is 6.24. The molecule has 0 unspecified atom stereocenters. The number of methoxy groups -OCH3 is 2. The smallest absolute Gasteiger partial charge is 0.376 e. The number of hydrogen-bond acceptors (Lipinski definition) is 15. The van der Waals surface area contributed by atoms with Crippen molar-refractivity contribution in [1.82, 2.24) is 29.1 Å². The van der Waals surface area contributed by atoms with Gasteiger partial charge in [-0.3, -0.25) is 14.5 Å². The van der Waals surface area contributed by atoms with Gasteiger partial charge in [-0.1, -0.05) is 0 Å². The summed E-state index contributed by atoms with van der Waals surface area (Å²) in [5.74, 6) is -0.113. The number of urea groups is 1. The van der Waals surface area contributed by atoms with Gasteiger partial charge < -0.3 is 44.8 Å². The van der Waals surface area contributed by atoms with Crippen LogP contribution in [0.2, 0.25) is 0 Å². The van der Waals surface area contributed by atoms with Gasteiger partial charge in [-0.15, -0.1) is 0 Å². The zero-order valence-corrected chi connectivity index (χ0v) is 29.0. The molecular formula is C33H38N12O7. The zero-order valence-electron chi connectivity index (χ0n) is 29.0. The molecule has 4 bridgehead atoms. The monoisotopic (exact) mass is 714 g/mol. The van der Waals surface area contributed by atoms with Crippen LogP contribution in [0, 0.1) is 0 Å². The minimum absolute atomic E-state index is 0.106. The average molecular weight is 715 g/mol. The molecule has 2 fully saturated rings. The highest BCUT2D eigenvalue weighted by Gasteiger charge is 2.41. The molecule has 0 spiro atoms. The number of nitrogens with two attached hydrogens (primary N) is 1. The van der Waals surface area contributed by atoms with Gasteiger partial charge in [0.1, 0.15) is 5.69 Å². The van der Waals surface area contributed by atoms with Gasteiger partial charge in [0, 0.05) is 58.7 Å². The number of aromatic nitrogens is 6. The maximum atomic E-state index is 13.0. The van der Waals surface area contributed by atoms with Gasteiger partial charge in [-0.05, 0) is 37.1 Å². The van der Waals surface area contributed by atoms with E-state index in [-0.39, 0.29) is 34.5 Å². The van der Waals surface area contributed by atoms with Crippen LogP contribution < -0.4 is 42.2 Å². The number of nitrogen functional groups attached to an aromatic ring is 1. The lowest BCUT2D eigenvalue weighted by Gasteiger charge is -2.35. The summed E-state index contributed by atoms with van der Waals surface area (Å²) in [4.78, 5) is 81.4. The lowest BCUT2D eigenvalue weighted by Crippen LogP contribution is -2.49. The number of amides is 2. The van der Waals surface area contributed by atoms with Crippen molar-refractivity contribution in [3.05, 3.63) is 81.4 Å². The van der Waals surface area contributed by atoms with Gasteiger partial charge in [0.15, 0.2) is 11.6 Å². The molecule has 19 nitrogen and oxygen atoms in total. The number of fused-ring (bicyclic) bond motifs is 8. The van der Waals surface area contributed by atoms with Crippen molar-refractivity contribution >= 4 is 52.4 Å². The number of carbonyl (C=O) groups excluding carboxylic acids is 3. The molecule has 19 heteroatoms. The molecule has 8 heterocycles. The number of ether oxygens (including phenoxy) is 2. The molecule has 0 saturated carbocycles.